The van der Waals surface area contributed by atoms with Gasteiger partial charge in [-0.1, -0.05) is 30.3 Å². The molecule has 3 aromatic rings. The summed E-state index contributed by atoms with van der Waals surface area (Å²) in [6.45, 7) is 2.21. The van der Waals surface area contributed by atoms with Gasteiger partial charge in [0.1, 0.15) is 12.2 Å². The highest BCUT2D eigenvalue weighted by molar-refractivity contribution is 6.05. The first-order chi connectivity index (χ1) is 15.1. The minimum absolute atomic E-state index is 0.00497. The van der Waals surface area contributed by atoms with E-state index in [-0.39, 0.29) is 18.0 Å². The van der Waals surface area contributed by atoms with Gasteiger partial charge in [-0.3, -0.25) is 9.59 Å². The maximum Gasteiger partial charge on any atom is 0.258 e. The molecule has 2 atom stereocenters. The molecule has 0 unspecified atom stereocenters. The highest BCUT2D eigenvalue weighted by Gasteiger charge is 2.49. The minimum atomic E-state index is -0.543. The van der Waals surface area contributed by atoms with Gasteiger partial charge in [-0.25, -0.2) is 0 Å². The van der Waals surface area contributed by atoms with Crippen molar-refractivity contribution in [2.45, 2.75) is 18.6 Å². The Morgan fingerprint density at radius 3 is 2.65 bits per heavy atom. The molecule has 1 aromatic heterocycles. The Morgan fingerprint density at radius 1 is 1.06 bits per heavy atom. The number of carbonyl (C=O) groups is 2. The Bertz CT molecular complexity index is 1200. The van der Waals surface area contributed by atoms with Crippen molar-refractivity contribution in [2.24, 2.45) is 0 Å². The Morgan fingerprint density at radius 2 is 1.81 bits per heavy atom. The van der Waals surface area contributed by atoms with Crippen LogP contribution in [-0.2, 0) is 16.0 Å². The molecule has 2 aromatic carbocycles. The van der Waals surface area contributed by atoms with Gasteiger partial charge < -0.3 is 24.4 Å². The Hall–Kier alpha value is -3.32. The second-order valence-corrected chi connectivity index (χ2v) is 8.43. The average molecular weight is 416 g/mol. The summed E-state index contributed by atoms with van der Waals surface area (Å²) in [5.74, 6) is -0.0834. The van der Waals surface area contributed by atoms with Crippen LogP contribution in [0.4, 0.5) is 5.69 Å². The summed E-state index contributed by atoms with van der Waals surface area (Å²) in [5.41, 5.74) is 4.69. The third-order valence-corrected chi connectivity index (χ3v) is 6.83. The normalized spacial score (nSPS) is 22.9. The second-order valence-electron chi connectivity index (χ2n) is 8.43. The number of ether oxygens (including phenoxy) is 1. The van der Waals surface area contributed by atoms with E-state index in [4.69, 9.17) is 4.74 Å². The van der Waals surface area contributed by atoms with E-state index in [1.165, 1.54) is 0 Å². The molecule has 7 nitrogen and oxygen atoms in total. The molecule has 0 saturated carbocycles. The average Bonchev–Trinajstić information content (AvgIpc) is 3.20. The van der Waals surface area contributed by atoms with E-state index in [2.05, 4.69) is 22.0 Å². The number of hydrogen-bond donors (Lipinski definition) is 1. The first-order valence-electron chi connectivity index (χ1n) is 10.8. The topological polar surface area (TPSA) is 68.9 Å². The highest BCUT2D eigenvalue weighted by atomic mass is 16.5. The Labute approximate surface area is 180 Å². The molecular formula is C24H24N4O3. The molecule has 1 saturated heterocycles. The fourth-order valence-electron chi connectivity index (χ4n) is 5.33. The summed E-state index contributed by atoms with van der Waals surface area (Å²) in [5, 5.41) is 1.12. The maximum atomic E-state index is 13.7. The van der Waals surface area contributed by atoms with E-state index in [0.717, 1.165) is 27.8 Å². The number of rotatable bonds is 1. The van der Waals surface area contributed by atoms with Crippen molar-refractivity contribution in [3.05, 3.63) is 65.4 Å². The molecule has 158 valence electrons. The van der Waals surface area contributed by atoms with E-state index < -0.39 is 6.04 Å². The van der Waals surface area contributed by atoms with Crippen LogP contribution in [0.5, 0.6) is 0 Å². The summed E-state index contributed by atoms with van der Waals surface area (Å²) < 4.78 is 5.44. The van der Waals surface area contributed by atoms with Crippen molar-refractivity contribution < 1.29 is 14.3 Å². The number of aromatic amines is 1. The summed E-state index contributed by atoms with van der Waals surface area (Å²) >= 11 is 0. The summed E-state index contributed by atoms with van der Waals surface area (Å²) in [6.07, 6.45) is 0.155. The fourth-order valence-corrected chi connectivity index (χ4v) is 5.33. The molecule has 4 heterocycles. The minimum Gasteiger partial charge on any atom is -0.378 e. The van der Waals surface area contributed by atoms with E-state index in [0.29, 0.717) is 38.3 Å². The lowest BCUT2D eigenvalue weighted by Crippen LogP contribution is -2.61. The number of hydrogen-bond acceptors (Lipinski definition) is 4. The van der Waals surface area contributed by atoms with Crippen LogP contribution >= 0.6 is 0 Å². The van der Waals surface area contributed by atoms with Crippen molar-refractivity contribution in [2.75, 3.05) is 38.3 Å². The monoisotopic (exact) mass is 416 g/mol. The number of carbonyl (C=O) groups excluding carboxylic acids is 2. The highest BCUT2D eigenvalue weighted by Crippen LogP contribution is 2.45. The predicted octanol–water partition coefficient (Wildman–Crippen LogP) is 2.54. The van der Waals surface area contributed by atoms with Gasteiger partial charge in [0, 0.05) is 37.5 Å². The summed E-state index contributed by atoms with van der Waals surface area (Å²) in [6, 6.07) is 15.3. The molecule has 3 aliphatic heterocycles. The quantitative estimate of drug-likeness (QED) is 0.662. The molecule has 0 spiro atoms. The van der Waals surface area contributed by atoms with Gasteiger partial charge in [0.15, 0.2) is 0 Å². The Balaban J connectivity index is 1.54. The lowest BCUT2D eigenvalue weighted by Gasteiger charge is -2.50. The molecule has 3 aliphatic rings. The van der Waals surface area contributed by atoms with Gasteiger partial charge in [-0.15, -0.1) is 0 Å². The zero-order valence-electron chi connectivity index (χ0n) is 17.4. The van der Waals surface area contributed by atoms with Crippen LogP contribution in [0.2, 0.25) is 0 Å². The molecule has 1 N–H and O–H groups in total. The molecule has 0 bridgehead atoms. The molecule has 0 radical (unpaired) electrons. The first kappa shape index (κ1) is 18.4. The van der Waals surface area contributed by atoms with Crippen molar-refractivity contribution in [3.63, 3.8) is 0 Å². The van der Waals surface area contributed by atoms with Gasteiger partial charge in [-0.05, 0) is 23.8 Å². The van der Waals surface area contributed by atoms with Crippen LogP contribution < -0.4 is 4.90 Å². The number of aromatic nitrogens is 1. The lowest BCUT2D eigenvalue weighted by atomic mass is 9.90. The van der Waals surface area contributed by atoms with E-state index in [1.54, 1.807) is 4.90 Å². The van der Waals surface area contributed by atoms with Gasteiger partial charge in [0.05, 0.1) is 30.2 Å². The molecule has 31 heavy (non-hydrogen) atoms. The number of benzene rings is 2. The Kier molecular flexibility index (Phi) is 4.08. The molecule has 0 aliphatic carbocycles. The standard InChI is InChI=1S/C24H24N4O3/c1-26-19-9-5-3-7-16(19)23(29)28-20(24(30)27-10-12-31-13-11-27)14-17-15-6-2-4-8-18(15)25-21(17)22(26)28/h2-9,20,22,25H,10-14H2,1H3/t20-,22-/m1/s1. The number of H-pyrrole nitrogens is 1. The van der Waals surface area contributed by atoms with Crippen molar-refractivity contribution in [3.8, 4) is 0 Å². The van der Waals surface area contributed by atoms with Crippen molar-refractivity contribution >= 4 is 28.4 Å². The van der Waals surface area contributed by atoms with Gasteiger partial charge in [0.25, 0.3) is 5.91 Å². The lowest BCUT2D eigenvalue weighted by molar-refractivity contribution is -0.141. The van der Waals surface area contributed by atoms with E-state index in [9.17, 15) is 9.59 Å². The van der Waals surface area contributed by atoms with Crippen LogP contribution in [0, 0.1) is 0 Å². The van der Waals surface area contributed by atoms with Gasteiger partial charge in [0.2, 0.25) is 5.91 Å². The number of morpholine rings is 1. The number of nitrogens with zero attached hydrogens (tertiary/aromatic N) is 3. The third kappa shape index (κ3) is 2.63. The molecule has 2 amide bonds. The SMILES string of the molecule is CN1c2ccccc2C(=O)N2[C@@H](C(=O)N3CCOCC3)Cc3c([nH]c4ccccc34)[C@H]12. The van der Waals surface area contributed by atoms with Gasteiger partial charge >= 0.3 is 0 Å². The zero-order valence-corrected chi connectivity index (χ0v) is 17.4. The third-order valence-electron chi connectivity index (χ3n) is 6.83. The number of para-hydroxylation sites is 2. The molecule has 7 heteroatoms. The van der Waals surface area contributed by atoms with E-state index >= 15 is 0 Å². The zero-order chi connectivity index (χ0) is 21.1. The molecule has 6 rings (SSSR count). The van der Waals surface area contributed by atoms with Crippen molar-refractivity contribution in [1.82, 2.24) is 14.8 Å². The van der Waals surface area contributed by atoms with Crippen molar-refractivity contribution in [1.29, 1.82) is 0 Å². The smallest absolute Gasteiger partial charge is 0.258 e. The van der Waals surface area contributed by atoms with E-state index in [1.807, 2.05) is 48.3 Å². The predicted molar refractivity (Wildman–Crippen MR) is 117 cm³/mol. The van der Waals surface area contributed by atoms with Crippen LogP contribution in [-0.4, -0.2) is 66.0 Å². The van der Waals surface area contributed by atoms with Gasteiger partial charge in [-0.2, -0.15) is 0 Å². The van der Waals surface area contributed by atoms with Crippen LogP contribution in [0.1, 0.15) is 27.8 Å². The maximum absolute atomic E-state index is 13.7. The summed E-state index contributed by atoms with van der Waals surface area (Å²) in [7, 11) is 2.00. The first-order valence-corrected chi connectivity index (χ1v) is 10.8. The van der Waals surface area contributed by atoms with Crippen LogP contribution in [0.25, 0.3) is 10.9 Å². The number of amides is 2. The van der Waals surface area contributed by atoms with Crippen LogP contribution in [0.15, 0.2) is 48.5 Å². The second kappa shape index (κ2) is 6.85. The molecular weight excluding hydrogens is 392 g/mol. The fraction of sp³-hybridized carbons (Fsp3) is 0.333. The summed E-state index contributed by atoms with van der Waals surface area (Å²) in [4.78, 5) is 36.7. The number of anilines is 1. The molecule has 1 fully saturated rings. The largest absolute Gasteiger partial charge is 0.378 e. The van der Waals surface area contributed by atoms with Crippen LogP contribution in [0.3, 0.4) is 0 Å². The number of nitrogens with one attached hydrogen (secondary N) is 1. The number of fused-ring (bicyclic) bond motifs is 6.